The normalized spacial score (nSPS) is 16.8. The molecule has 0 radical (unpaired) electrons. The molecule has 1 N–H and O–H groups in total. The van der Waals surface area contributed by atoms with Crippen molar-refractivity contribution in [2.24, 2.45) is 11.8 Å². The van der Waals surface area contributed by atoms with Crippen LogP contribution in [0.3, 0.4) is 0 Å². The molecule has 3 nitrogen and oxygen atoms in total. The summed E-state index contributed by atoms with van der Waals surface area (Å²) in [5.74, 6) is 1.82. The van der Waals surface area contributed by atoms with Gasteiger partial charge < -0.3 is 10.2 Å². The van der Waals surface area contributed by atoms with Crippen molar-refractivity contribution in [1.29, 1.82) is 0 Å². The summed E-state index contributed by atoms with van der Waals surface area (Å²) in [6.45, 7) is 10.9. The predicted molar refractivity (Wildman–Crippen MR) is 79.3 cm³/mol. The van der Waals surface area contributed by atoms with Crippen LogP contribution in [0.1, 0.15) is 38.5 Å². The summed E-state index contributed by atoms with van der Waals surface area (Å²) in [6.07, 6.45) is 4.90. The van der Waals surface area contributed by atoms with E-state index < -0.39 is 0 Å². The summed E-state index contributed by atoms with van der Waals surface area (Å²) in [5, 5.41) is 4.72. The van der Waals surface area contributed by atoms with Crippen molar-refractivity contribution in [2.75, 3.05) is 24.5 Å². The molecule has 1 aliphatic carbocycles. The molecule has 1 heterocycles. The largest absolute Gasteiger partial charge is 0.349 e. The second kappa shape index (κ2) is 6.53. The number of aromatic nitrogens is 1. The molecule has 0 amide bonds. The molecule has 1 saturated carbocycles. The molecule has 4 heteroatoms. The maximum atomic E-state index is 4.51. The van der Waals surface area contributed by atoms with Gasteiger partial charge in [0.1, 0.15) is 0 Å². The van der Waals surface area contributed by atoms with Gasteiger partial charge in [0.2, 0.25) is 0 Å². The van der Waals surface area contributed by atoms with Gasteiger partial charge in [-0.05, 0) is 45.1 Å². The minimum absolute atomic E-state index is 0.833. The number of thiazole rings is 1. The van der Waals surface area contributed by atoms with E-state index in [0.717, 1.165) is 43.1 Å². The first-order valence-electron chi connectivity index (χ1n) is 7.15. The predicted octanol–water partition coefficient (Wildman–Crippen LogP) is 3.13. The third-order valence-electron chi connectivity index (χ3n) is 3.77. The SMILES string of the molecule is CCN(CC)c1ncc(CNCC(C)C2CC2)s1. The fraction of sp³-hybridized carbons (Fsp3) is 0.786. The van der Waals surface area contributed by atoms with Crippen LogP contribution in [-0.2, 0) is 6.54 Å². The molecular formula is C14H25N3S. The topological polar surface area (TPSA) is 28.2 Å². The van der Waals surface area contributed by atoms with Crippen LogP contribution in [0.25, 0.3) is 0 Å². The summed E-state index contributed by atoms with van der Waals surface area (Å²) in [5.41, 5.74) is 0. The minimum atomic E-state index is 0.833. The summed E-state index contributed by atoms with van der Waals surface area (Å²) < 4.78 is 0. The molecular weight excluding hydrogens is 242 g/mol. The zero-order valence-corrected chi connectivity index (χ0v) is 12.6. The Morgan fingerprint density at radius 2 is 2.17 bits per heavy atom. The molecule has 0 saturated heterocycles. The van der Waals surface area contributed by atoms with Crippen LogP contribution in [0.5, 0.6) is 0 Å². The van der Waals surface area contributed by atoms with Crippen molar-refractivity contribution >= 4 is 16.5 Å². The highest BCUT2D eigenvalue weighted by Gasteiger charge is 2.27. The van der Waals surface area contributed by atoms with E-state index >= 15 is 0 Å². The van der Waals surface area contributed by atoms with Crippen molar-refractivity contribution < 1.29 is 0 Å². The molecule has 0 aliphatic heterocycles. The van der Waals surface area contributed by atoms with Gasteiger partial charge in [0.25, 0.3) is 0 Å². The summed E-state index contributed by atoms with van der Waals surface area (Å²) in [4.78, 5) is 8.16. The Morgan fingerprint density at radius 1 is 1.44 bits per heavy atom. The Bertz CT molecular complexity index is 356. The molecule has 1 atom stereocenters. The Labute approximate surface area is 115 Å². The molecule has 1 aromatic rings. The van der Waals surface area contributed by atoms with E-state index in [-0.39, 0.29) is 0 Å². The van der Waals surface area contributed by atoms with E-state index in [4.69, 9.17) is 0 Å². The molecule has 102 valence electrons. The Hall–Kier alpha value is -0.610. The van der Waals surface area contributed by atoms with Crippen LogP contribution in [0.2, 0.25) is 0 Å². The average Bonchev–Trinajstić information content (AvgIpc) is 3.13. The molecule has 0 spiro atoms. The lowest BCUT2D eigenvalue weighted by molar-refractivity contribution is 0.462. The molecule has 18 heavy (non-hydrogen) atoms. The fourth-order valence-corrected chi connectivity index (χ4v) is 3.28. The van der Waals surface area contributed by atoms with Gasteiger partial charge in [-0.15, -0.1) is 11.3 Å². The molecule has 1 aliphatic rings. The van der Waals surface area contributed by atoms with Crippen molar-refractivity contribution in [3.8, 4) is 0 Å². The van der Waals surface area contributed by atoms with Crippen LogP contribution >= 0.6 is 11.3 Å². The number of hydrogen-bond acceptors (Lipinski definition) is 4. The van der Waals surface area contributed by atoms with Gasteiger partial charge in [0.15, 0.2) is 5.13 Å². The third-order valence-corrected chi connectivity index (χ3v) is 4.83. The van der Waals surface area contributed by atoms with Crippen molar-refractivity contribution in [3.63, 3.8) is 0 Å². The van der Waals surface area contributed by atoms with Gasteiger partial charge in [-0.2, -0.15) is 0 Å². The van der Waals surface area contributed by atoms with Gasteiger partial charge >= 0.3 is 0 Å². The van der Waals surface area contributed by atoms with Crippen LogP contribution < -0.4 is 10.2 Å². The minimum Gasteiger partial charge on any atom is -0.349 e. The molecule has 0 aromatic carbocycles. The van der Waals surface area contributed by atoms with Crippen LogP contribution in [-0.4, -0.2) is 24.6 Å². The molecule has 1 fully saturated rings. The standard InChI is InChI=1S/C14H25N3S/c1-4-17(5-2)14-16-10-13(18-14)9-15-8-11(3)12-6-7-12/h10-12,15H,4-9H2,1-3H3. The lowest BCUT2D eigenvalue weighted by atomic mass is 10.1. The first kappa shape index (κ1) is 13.8. The molecule has 1 unspecified atom stereocenters. The highest BCUT2D eigenvalue weighted by molar-refractivity contribution is 7.15. The van der Waals surface area contributed by atoms with Gasteiger partial charge in [-0.3, -0.25) is 0 Å². The van der Waals surface area contributed by atoms with Crippen LogP contribution in [0.15, 0.2) is 6.20 Å². The van der Waals surface area contributed by atoms with Gasteiger partial charge in [0.05, 0.1) is 0 Å². The zero-order valence-electron chi connectivity index (χ0n) is 11.8. The van der Waals surface area contributed by atoms with E-state index in [1.165, 1.54) is 17.7 Å². The monoisotopic (exact) mass is 267 g/mol. The Kier molecular flexibility index (Phi) is 5.01. The lowest BCUT2D eigenvalue weighted by Gasteiger charge is -2.16. The maximum absolute atomic E-state index is 4.51. The highest BCUT2D eigenvalue weighted by Crippen LogP contribution is 2.36. The quantitative estimate of drug-likeness (QED) is 0.784. The van der Waals surface area contributed by atoms with E-state index in [1.54, 1.807) is 0 Å². The van der Waals surface area contributed by atoms with E-state index in [2.05, 4.69) is 36.0 Å². The maximum Gasteiger partial charge on any atom is 0.185 e. The summed E-state index contributed by atoms with van der Waals surface area (Å²) in [7, 11) is 0. The molecule has 0 bridgehead atoms. The van der Waals surface area contributed by atoms with Crippen molar-refractivity contribution in [2.45, 2.75) is 40.2 Å². The van der Waals surface area contributed by atoms with E-state index in [9.17, 15) is 0 Å². The smallest absolute Gasteiger partial charge is 0.185 e. The summed E-state index contributed by atoms with van der Waals surface area (Å²) in [6, 6.07) is 0. The van der Waals surface area contributed by atoms with Crippen molar-refractivity contribution in [1.82, 2.24) is 10.3 Å². The van der Waals surface area contributed by atoms with Gasteiger partial charge in [0, 0.05) is 30.7 Å². The van der Waals surface area contributed by atoms with Gasteiger partial charge in [-0.1, -0.05) is 6.92 Å². The van der Waals surface area contributed by atoms with Gasteiger partial charge in [-0.25, -0.2) is 4.98 Å². The van der Waals surface area contributed by atoms with E-state index in [0.29, 0.717) is 0 Å². The highest BCUT2D eigenvalue weighted by atomic mass is 32.1. The fourth-order valence-electron chi connectivity index (χ4n) is 2.27. The second-order valence-corrected chi connectivity index (χ2v) is 6.32. The lowest BCUT2D eigenvalue weighted by Crippen LogP contribution is -2.21. The van der Waals surface area contributed by atoms with E-state index in [1.807, 2.05) is 17.5 Å². The Balaban J connectivity index is 1.75. The zero-order chi connectivity index (χ0) is 13.0. The second-order valence-electron chi connectivity index (χ2n) is 5.23. The first-order valence-corrected chi connectivity index (χ1v) is 7.96. The van der Waals surface area contributed by atoms with Crippen molar-refractivity contribution in [3.05, 3.63) is 11.1 Å². The Morgan fingerprint density at radius 3 is 2.78 bits per heavy atom. The van der Waals surface area contributed by atoms with Crippen LogP contribution in [0, 0.1) is 11.8 Å². The number of nitrogens with zero attached hydrogens (tertiary/aromatic N) is 2. The number of anilines is 1. The number of nitrogens with one attached hydrogen (secondary N) is 1. The molecule has 1 aromatic heterocycles. The number of hydrogen-bond donors (Lipinski definition) is 1. The summed E-state index contributed by atoms with van der Waals surface area (Å²) >= 11 is 1.82. The average molecular weight is 267 g/mol. The van der Waals surface area contributed by atoms with Crippen LogP contribution in [0.4, 0.5) is 5.13 Å². The third kappa shape index (κ3) is 3.69. The first-order chi connectivity index (χ1) is 8.74. The number of rotatable bonds is 8. The molecule has 2 rings (SSSR count).